The van der Waals surface area contributed by atoms with E-state index in [0.29, 0.717) is 17.2 Å². The Balaban J connectivity index is 2.19. The Kier molecular flexibility index (Phi) is 4.32. The summed E-state index contributed by atoms with van der Waals surface area (Å²) in [5.41, 5.74) is 6.46. The van der Waals surface area contributed by atoms with Gasteiger partial charge in [-0.05, 0) is 38.1 Å². The maximum atomic E-state index is 5.85. The molecule has 4 heteroatoms. The number of hydrogen-bond donors (Lipinski definition) is 1. The Labute approximate surface area is 121 Å². The smallest absolute Gasteiger partial charge is 0.133 e. The Morgan fingerprint density at radius 3 is 2.21 bits per heavy atom. The van der Waals surface area contributed by atoms with Crippen LogP contribution in [0.1, 0.15) is 13.8 Å². The minimum absolute atomic E-state index is 0.0994. The minimum Gasteiger partial charge on any atom is -0.491 e. The minimum atomic E-state index is 0.0994. The van der Waals surface area contributed by atoms with Crippen LogP contribution >= 0.6 is 15.9 Å². The predicted octanol–water partition coefficient (Wildman–Crippen LogP) is 4.61. The number of anilines is 1. The molecule has 0 aliphatic rings. The molecule has 3 nitrogen and oxygen atoms in total. The van der Waals surface area contributed by atoms with Gasteiger partial charge in [-0.3, -0.25) is 0 Å². The summed E-state index contributed by atoms with van der Waals surface area (Å²) in [6.45, 7) is 3.94. The average molecular weight is 322 g/mol. The first kappa shape index (κ1) is 13.7. The van der Waals surface area contributed by atoms with E-state index in [1.807, 2.05) is 44.2 Å². The van der Waals surface area contributed by atoms with Gasteiger partial charge in [0.15, 0.2) is 0 Å². The summed E-state index contributed by atoms with van der Waals surface area (Å²) < 4.78 is 12.4. The second kappa shape index (κ2) is 5.97. The third kappa shape index (κ3) is 4.17. The van der Waals surface area contributed by atoms with Crippen molar-refractivity contribution >= 4 is 21.6 Å². The molecule has 2 rings (SSSR count). The lowest BCUT2D eigenvalue weighted by molar-refractivity contribution is 0.242. The molecule has 2 aromatic rings. The Hall–Kier alpha value is -1.68. The zero-order valence-corrected chi connectivity index (χ0v) is 12.5. The maximum Gasteiger partial charge on any atom is 0.133 e. The van der Waals surface area contributed by atoms with Crippen molar-refractivity contribution in [2.24, 2.45) is 0 Å². The largest absolute Gasteiger partial charge is 0.491 e. The van der Waals surface area contributed by atoms with Crippen molar-refractivity contribution < 1.29 is 9.47 Å². The van der Waals surface area contributed by atoms with Crippen LogP contribution in [0.25, 0.3) is 0 Å². The number of halogens is 1. The number of ether oxygens (including phenoxy) is 2. The van der Waals surface area contributed by atoms with Gasteiger partial charge in [0.25, 0.3) is 0 Å². The van der Waals surface area contributed by atoms with Gasteiger partial charge in [-0.25, -0.2) is 0 Å². The molecule has 0 bridgehead atoms. The summed E-state index contributed by atoms with van der Waals surface area (Å²) in [7, 11) is 0. The molecule has 2 N–H and O–H groups in total. The molecule has 19 heavy (non-hydrogen) atoms. The fourth-order valence-electron chi connectivity index (χ4n) is 1.63. The molecular formula is C15H16BrNO2. The van der Waals surface area contributed by atoms with Gasteiger partial charge in [0.1, 0.15) is 17.2 Å². The van der Waals surface area contributed by atoms with Gasteiger partial charge >= 0.3 is 0 Å². The normalized spacial score (nSPS) is 10.5. The van der Waals surface area contributed by atoms with Crippen LogP contribution in [0, 0.1) is 0 Å². The molecule has 0 saturated heterocycles. The second-order valence-electron chi connectivity index (χ2n) is 4.46. The molecule has 0 heterocycles. The molecule has 0 aliphatic carbocycles. The number of nitrogen functional groups attached to an aromatic ring is 1. The van der Waals surface area contributed by atoms with E-state index in [0.717, 1.165) is 10.2 Å². The predicted molar refractivity (Wildman–Crippen MR) is 80.8 cm³/mol. The molecule has 0 amide bonds. The molecular weight excluding hydrogens is 306 g/mol. The first-order valence-electron chi connectivity index (χ1n) is 6.03. The highest BCUT2D eigenvalue weighted by atomic mass is 79.9. The van der Waals surface area contributed by atoms with Crippen molar-refractivity contribution in [3.8, 4) is 17.2 Å². The molecule has 0 aliphatic heterocycles. The molecule has 0 spiro atoms. The summed E-state index contributed by atoms with van der Waals surface area (Å²) in [4.78, 5) is 0. The summed E-state index contributed by atoms with van der Waals surface area (Å²) in [6.07, 6.45) is 0.0994. The van der Waals surface area contributed by atoms with Crippen LogP contribution in [0.5, 0.6) is 17.2 Å². The van der Waals surface area contributed by atoms with Gasteiger partial charge in [-0.2, -0.15) is 0 Å². The molecule has 0 atom stereocenters. The van der Waals surface area contributed by atoms with E-state index in [-0.39, 0.29) is 6.10 Å². The Bertz CT molecular complexity index is 553. The van der Waals surface area contributed by atoms with Crippen LogP contribution in [0.3, 0.4) is 0 Å². The van der Waals surface area contributed by atoms with Crippen LogP contribution in [-0.2, 0) is 0 Å². The van der Waals surface area contributed by atoms with Crippen molar-refractivity contribution in [2.45, 2.75) is 20.0 Å². The molecule has 0 fully saturated rings. The van der Waals surface area contributed by atoms with E-state index >= 15 is 0 Å². The van der Waals surface area contributed by atoms with E-state index in [1.54, 1.807) is 12.1 Å². The van der Waals surface area contributed by atoms with Crippen LogP contribution < -0.4 is 15.2 Å². The summed E-state index contributed by atoms with van der Waals surface area (Å²) in [5, 5.41) is 0. The molecule has 0 saturated carbocycles. The highest BCUT2D eigenvalue weighted by Gasteiger charge is 2.04. The van der Waals surface area contributed by atoms with Crippen molar-refractivity contribution in [3.63, 3.8) is 0 Å². The van der Waals surface area contributed by atoms with E-state index in [2.05, 4.69) is 15.9 Å². The summed E-state index contributed by atoms with van der Waals surface area (Å²) in [6, 6.07) is 13.0. The first-order chi connectivity index (χ1) is 9.02. The zero-order chi connectivity index (χ0) is 13.8. The highest BCUT2D eigenvalue weighted by Crippen LogP contribution is 2.29. The number of hydrogen-bond acceptors (Lipinski definition) is 3. The van der Waals surface area contributed by atoms with Crippen molar-refractivity contribution in [3.05, 3.63) is 46.9 Å². The Morgan fingerprint density at radius 1 is 0.947 bits per heavy atom. The Morgan fingerprint density at radius 2 is 1.58 bits per heavy atom. The van der Waals surface area contributed by atoms with Gasteiger partial charge in [-0.15, -0.1) is 0 Å². The number of rotatable bonds is 4. The SMILES string of the molecule is CC(C)Oc1cc(N)cc(Oc2ccc(Br)cc2)c1. The van der Waals surface area contributed by atoms with Crippen molar-refractivity contribution in [1.29, 1.82) is 0 Å². The summed E-state index contributed by atoms with van der Waals surface area (Å²) >= 11 is 3.39. The van der Waals surface area contributed by atoms with Crippen LogP contribution in [-0.4, -0.2) is 6.10 Å². The van der Waals surface area contributed by atoms with Gasteiger partial charge in [0.2, 0.25) is 0 Å². The molecule has 2 aromatic carbocycles. The summed E-state index contributed by atoms with van der Waals surface area (Å²) in [5.74, 6) is 2.13. The highest BCUT2D eigenvalue weighted by molar-refractivity contribution is 9.10. The average Bonchev–Trinajstić information content (AvgIpc) is 2.30. The van der Waals surface area contributed by atoms with Gasteiger partial charge in [-0.1, -0.05) is 15.9 Å². The van der Waals surface area contributed by atoms with E-state index < -0.39 is 0 Å². The number of nitrogens with two attached hydrogens (primary N) is 1. The fraction of sp³-hybridized carbons (Fsp3) is 0.200. The molecule has 0 radical (unpaired) electrons. The lowest BCUT2D eigenvalue weighted by atomic mass is 10.2. The van der Waals surface area contributed by atoms with Gasteiger partial charge in [0.05, 0.1) is 6.10 Å². The quantitative estimate of drug-likeness (QED) is 0.836. The zero-order valence-electron chi connectivity index (χ0n) is 10.9. The third-order valence-electron chi connectivity index (χ3n) is 2.32. The van der Waals surface area contributed by atoms with Crippen LogP contribution in [0.4, 0.5) is 5.69 Å². The molecule has 0 aromatic heterocycles. The van der Waals surface area contributed by atoms with Crippen LogP contribution in [0.2, 0.25) is 0 Å². The third-order valence-corrected chi connectivity index (χ3v) is 2.85. The molecule has 100 valence electrons. The van der Waals surface area contributed by atoms with Crippen LogP contribution in [0.15, 0.2) is 46.9 Å². The standard InChI is InChI=1S/C15H16BrNO2/c1-10(2)18-14-7-12(17)8-15(9-14)19-13-5-3-11(16)4-6-13/h3-10H,17H2,1-2H3. The fourth-order valence-corrected chi connectivity index (χ4v) is 1.90. The van der Waals surface area contributed by atoms with Crippen molar-refractivity contribution in [2.75, 3.05) is 5.73 Å². The lowest BCUT2D eigenvalue weighted by Gasteiger charge is -2.12. The monoisotopic (exact) mass is 321 g/mol. The van der Waals surface area contributed by atoms with Crippen molar-refractivity contribution in [1.82, 2.24) is 0 Å². The second-order valence-corrected chi connectivity index (χ2v) is 5.38. The maximum absolute atomic E-state index is 5.85. The topological polar surface area (TPSA) is 44.5 Å². The van der Waals surface area contributed by atoms with E-state index in [1.165, 1.54) is 0 Å². The number of benzene rings is 2. The van der Waals surface area contributed by atoms with E-state index in [9.17, 15) is 0 Å². The first-order valence-corrected chi connectivity index (χ1v) is 6.83. The van der Waals surface area contributed by atoms with Gasteiger partial charge in [0, 0.05) is 28.4 Å². The lowest BCUT2D eigenvalue weighted by Crippen LogP contribution is -2.05. The van der Waals surface area contributed by atoms with Gasteiger partial charge < -0.3 is 15.2 Å². The molecule has 0 unspecified atom stereocenters. The van der Waals surface area contributed by atoms with E-state index in [4.69, 9.17) is 15.2 Å².